The number of aliphatic hydroxyl groups is 1. The third-order valence-corrected chi connectivity index (χ3v) is 5.82. The number of hydrogen-bond donors (Lipinski definition) is 2. The number of nitrogens with zero attached hydrogens (tertiary/aromatic N) is 1. The number of methoxy groups -OCH3 is 1. The third-order valence-electron chi connectivity index (χ3n) is 5.82. The molecule has 3 aromatic carbocycles. The fourth-order valence-corrected chi connectivity index (χ4v) is 4.07. The van der Waals surface area contributed by atoms with Crippen LogP contribution in [0.5, 0.6) is 17.2 Å². The van der Waals surface area contributed by atoms with E-state index in [2.05, 4.69) is 6.07 Å². The predicted molar refractivity (Wildman–Crippen MR) is 121 cm³/mol. The predicted octanol–water partition coefficient (Wildman–Crippen LogP) is 3.91. The maximum Gasteiger partial charge on any atom is 0.256 e. The van der Waals surface area contributed by atoms with Crippen LogP contribution in [0.3, 0.4) is 0 Å². The molecule has 0 fully saturated rings. The molecule has 1 atom stereocenters. The van der Waals surface area contributed by atoms with Crippen molar-refractivity contribution in [3.63, 3.8) is 0 Å². The zero-order valence-corrected chi connectivity index (χ0v) is 18.2. The van der Waals surface area contributed by atoms with Crippen molar-refractivity contribution in [3.8, 4) is 17.2 Å². The molecule has 1 aliphatic rings. The molecule has 0 aliphatic carbocycles. The average molecular weight is 434 g/mol. The summed E-state index contributed by atoms with van der Waals surface area (Å²) in [7, 11) is 1.46. The molecule has 0 spiro atoms. The number of ether oxygens (including phenoxy) is 2. The summed E-state index contributed by atoms with van der Waals surface area (Å²) in [6.45, 7) is 3.23. The van der Waals surface area contributed by atoms with Crippen LogP contribution >= 0.6 is 0 Å². The van der Waals surface area contributed by atoms with Crippen molar-refractivity contribution in [1.82, 2.24) is 4.90 Å². The highest BCUT2D eigenvalue weighted by atomic mass is 16.5. The average Bonchev–Trinajstić information content (AvgIpc) is 2.80. The SMILES string of the molecule is COc1c(O)ccc2c1CN(CCc1ccc(OCc3ccccc3)c(C)c1)C(=O)[C@@H]2O. The van der Waals surface area contributed by atoms with E-state index in [9.17, 15) is 15.0 Å². The van der Waals surface area contributed by atoms with Crippen LogP contribution in [0.1, 0.15) is 33.9 Å². The Labute approximate surface area is 187 Å². The lowest BCUT2D eigenvalue weighted by Gasteiger charge is -2.33. The molecule has 0 saturated heterocycles. The number of aliphatic hydroxyl groups excluding tert-OH is 1. The van der Waals surface area contributed by atoms with Crippen LogP contribution in [-0.2, 0) is 24.4 Å². The number of benzene rings is 3. The lowest BCUT2D eigenvalue weighted by atomic mass is 9.95. The van der Waals surface area contributed by atoms with E-state index in [1.54, 1.807) is 11.0 Å². The molecule has 166 valence electrons. The van der Waals surface area contributed by atoms with E-state index in [0.29, 0.717) is 36.4 Å². The van der Waals surface area contributed by atoms with E-state index in [-0.39, 0.29) is 18.2 Å². The van der Waals surface area contributed by atoms with Crippen LogP contribution in [0, 0.1) is 6.92 Å². The van der Waals surface area contributed by atoms with Gasteiger partial charge >= 0.3 is 0 Å². The van der Waals surface area contributed by atoms with Crippen molar-refractivity contribution in [2.24, 2.45) is 0 Å². The highest BCUT2D eigenvalue weighted by Gasteiger charge is 2.34. The van der Waals surface area contributed by atoms with Gasteiger partial charge in [-0.25, -0.2) is 0 Å². The maximum atomic E-state index is 12.7. The first-order chi connectivity index (χ1) is 15.5. The topological polar surface area (TPSA) is 79.2 Å². The van der Waals surface area contributed by atoms with Gasteiger partial charge in [0, 0.05) is 18.7 Å². The van der Waals surface area contributed by atoms with Gasteiger partial charge in [0.25, 0.3) is 5.91 Å². The number of hydrogen-bond acceptors (Lipinski definition) is 5. The second kappa shape index (κ2) is 9.32. The van der Waals surface area contributed by atoms with Gasteiger partial charge in [-0.2, -0.15) is 0 Å². The fourth-order valence-electron chi connectivity index (χ4n) is 4.07. The molecule has 0 bridgehead atoms. The van der Waals surface area contributed by atoms with Crippen molar-refractivity contribution in [2.75, 3.05) is 13.7 Å². The standard InChI is InChI=1S/C26H27NO5/c1-17-14-18(8-11-23(17)32-16-19-6-4-3-5-7-19)12-13-27-15-21-20(24(29)26(27)30)9-10-22(28)25(21)31-2/h3-11,14,24,28-29H,12-13,15-16H2,1-2H3/t24-/m1/s1. The summed E-state index contributed by atoms with van der Waals surface area (Å²) in [4.78, 5) is 14.3. The summed E-state index contributed by atoms with van der Waals surface area (Å²) in [6, 6.07) is 19.0. The monoisotopic (exact) mass is 433 g/mol. The number of carbonyl (C=O) groups excluding carboxylic acids is 1. The van der Waals surface area contributed by atoms with Gasteiger partial charge in [0.15, 0.2) is 17.6 Å². The smallest absolute Gasteiger partial charge is 0.256 e. The molecule has 6 nitrogen and oxygen atoms in total. The number of rotatable bonds is 7. The maximum absolute atomic E-state index is 12.7. The van der Waals surface area contributed by atoms with Gasteiger partial charge in [0.1, 0.15) is 12.4 Å². The zero-order chi connectivity index (χ0) is 22.7. The summed E-state index contributed by atoms with van der Waals surface area (Å²) >= 11 is 0. The minimum absolute atomic E-state index is 0.00512. The summed E-state index contributed by atoms with van der Waals surface area (Å²) in [5, 5.41) is 20.6. The second-order valence-corrected chi connectivity index (χ2v) is 7.97. The summed E-state index contributed by atoms with van der Waals surface area (Å²) < 4.78 is 11.3. The Balaban J connectivity index is 1.43. The van der Waals surface area contributed by atoms with Crippen LogP contribution < -0.4 is 9.47 Å². The number of fused-ring (bicyclic) bond motifs is 1. The quantitative estimate of drug-likeness (QED) is 0.591. The lowest BCUT2D eigenvalue weighted by Crippen LogP contribution is -2.40. The largest absolute Gasteiger partial charge is 0.504 e. The Morgan fingerprint density at radius 3 is 2.56 bits per heavy atom. The molecule has 1 aliphatic heterocycles. The van der Waals surface area contributed by atoms with Gasteiger partial charge in [0.05, 0.1) is 7.11 Å². The number of amides is 1. The third kappa shape index (κ3) is 4.41. The summed E-state index contributed by atoms with van der Waals surface area (Å²) in [5.74, 6) is 0.783. The van der Waals surface area contributed by atoms with Gasteiger partial charge in [-0.1, -0.05) is 48.5 Å². The highest BCUT2D eigenvalue weighted by molar-refractivity contribution is 5.85. The molecular weight excluding hydrogens is 406 g/mol. The van der Waals surface area contributed by atoms with E-state index in [0.717, 1.165) is 22.4 Å². The number of carbonyl (C=O) groups is 1. The second-order valence-electron chi connectivity index (χ2n) is 7.97. The molecule has 0 radical (unpaired) electrons. The van der Waals surface area contributed by atoms with E-state index < -0.39 is 6.10 Å². The first-order valence-electron chi connectivity index (χ1n) is 10.6. The van der Waals surface area contributed by atoms with E-state index in [1.807, 2.05) is 49.4 Å². The van der Waals surface area contributed by atoms with Crippen LogP contribution in [0.4, 0.5) is 0 Å². The van der Waals surface area contributed by atoms with Crippen LogP contribution in [0.25, 0.3) is 0 Å². The first kappa shape index (κ1) is 21.7. The minimum Gasteiger partial charge on any atom is -0.504 e. The number of aromatic hydroxyl groups is 1. The molecule has 3 aromatic rings. The van der Waals surface area contributed by atoms with Crippen LogP contribution in [0.2, 0.25) is 0 Å². The molecule has 2 N–H and O–H groups in total. The Hall–Kier alpha value is -3.51. The molecule has 1 heterocycles. The Morgan fingerprint density at radius 1 is 1.06 bits per heavy atom. The Kier molecular flexibility index (Phi) is 6.32. The molecule has 0 aromatic heterocycles. The minimum atomic E-state index is -1.26. The van der Waals surface area contributed by atoms with Gasteiger partial charge in [-0.05, 0) is 47.7 Å². The van der Waals surface area contributed by atoms with Gasteiger partial charge in [0.2, 0.25) is 0 Å². The van der Waals surface area contributed by atoms with Crippen molar-refractivity contribution >= 4 is 5.91 Å². The Bertz CT molecular complexity index is 1110. The molecule has 32 heavy (non-hydrogen) atoms. The van der Waals surface area contributed by atoms with Gasteiger partial charge in [-0.3, -0.25) is 4.79 Å². The van der Waals surface area contributed by atoms with E-state index in [1.165, 1.54) is 13.2 Å². The molecular formula is C26H27NO5. The highest BCUT2D eigenvalue weighted by Crippen LogP contribution is 2.39. The van der Waals surface area contributed by atoms with Crippen LogP contribution in [0.15, 0.2) is 60.7 Å². The fraction of sp³-hybridized carbons (Fsp3) is 0.269. The van der Waals surface area contributed by atoms with Crippen molar-refractivity contribution in [3.05, 3.63) is 88.5 Å². The van der Waals surface area contributed by atoms with Crippen molar-refractivity contribution in [1.29, 1.82) is 0 Å². The number of aryl methyl sites for hydroxylation is 1. The number of phenols is 1. The Morgan fingerprint density at radius 2 is 1.84 bits per heavy atom. The lowest BCUT2D eigenvalue weighted by molar-refractivity contribution is -0.142. The molecule has 1 amide bonds. The summed E-state index contributed by atoms with van der Waals surface area (Å²) in [6.07, 6.45) is -0.627. The summed E-state index contributed by atoms with van der Waals surface area (Å²) in [5.41, 5.74) is 4.34. The zero-order valence-electron chi connectivity index (χ0n) is 18.2. The molecule has 0 unspecified atom stereocenters. The number of phenolic OH excluding ortho intramolecular Hbond substituents is 1. The molecule has 0 saturated carbocycles. The van der Waals surface area contributed by atoms with E-state index in [4.69, 9.17) is 9.47 Å². The van der Waals surface area contributed by atoms with E-state index >= 15 is 0 Å². The normalized spacial score (nSPS) is 15.4. The van der Waals surface area contributed by atoms with Crippen LogP contribution in [-0.4, -0.2) is 34.7 Å². The first-order valence-corrected chi connectivity index (χ1v) is 10.6. The van der Waals surface area contributed by atoms with Crippen molar-refractivity contribution in [2.45, 2.75) is 32.6 Å². The molecule has 4 rings (SSSR count). The van der Waals surface area contributed by atoms with Gasteiger partial charge < -0.3 is 24.6 Å². The van der Waals surface area contributed by atoms with Crippen molar-refractivity contribution < 1.29 is 24.5 Å². The van der Waals surface area contributed by atoms with Gasteiger partial charge in [-0.15, -0.1) is 0 Å². The molecule has 6 heteroatoms.